The zero-order valence-corrected chi connectivity index (χ0v) is 18.1. The Morgan fingerprint density at radius 2 is 1.88 bits per heavy atom. The summed E-state index contributed by atoms with van der Waals surface area (Å²) in [6.45, 7) is 3.97. The number of fused-ring (bicyclic) bond motifs is 1. The van der Waals surface area contributed by atoms with Gasteiger partial charge in [-0.1, -0.05) is 30.3 Å². The number of nitrogens with two attached hydrogens (primary N) is 1. The summed E-state index contributed by atoms with van der Waals surface area (Å²) in [5.74, 6) is 1.16. The van der Waals surface area contributed by atoms with E-state index in [9.17, 15) is 4.79 Å². The maximum atomic E-state index is 13.0. The Kier molecular flexibility index (Phi) is 5.96. The van der Waals surface area contributed by atoms with E-state index in [1.54, 1.807) is 0 Å². The molecule has 166 valence electrons. The number of anilines is 1. The Morgan fingerprint density at radius 1 is 1.06 bits per heavy atom. The summed E-state index contributed by atoms with van der Waals surface area (Å²) in [5, 5.41) is 0.721. The number of nitrogen functional groups attached to an aromatic ring is 1. The first-order chi connectivity index (χ1) is 15.7. The lowest BCUT2D eigenvalue weighted by Crippen LogP contribution is -2.48. The van der Waals surface area contributed by atoms with Gasteiger partial charge < -0.3 is 15.4 Å². The van der Waals surface area contributed by atoms with Crippen molar-refractivity contribution in [2.45, 2.75) is 24.9 Å². The molecule has 2 aliphatic rings. The zero-order valence-electron chi connectivity index (χ0n) is 18.1. The summed E-state index contributed by atoms with van der Waals surface area (Å²) in [7, 11) is 0. The molecule has 0 bridgehead atoms. The van der Waals surface area contributed by atoms with Gasteiger partial charge in [0.1, 0.15) is 18.2 Å². The second-order valence-corrected chi connectivity index (χ2v) is 8.53. The quantitative estimate of drug-likeness (QED) is 0.676. The van der Waals surface area contributed by atoms with Crippen LogP contribution in [0, 0.1) is 0 Å². The molecule has 2 saturated heterocycles. The van der Waals surface area contributed by atoms with Crippen LogP contribution >= 0.6 is 0 Å². The van der Waals surface area contributed by atoms with E-state index in [0.29, 0.717) is 43.6 Å². The number of nitrogens with zero attached hydrogens (tertiary/aromatic N) is 5. The molecule has 5 rings (SSSR count). The number of carbonyl (C=O) groups excluding carboxylic acids is 1. The van der Waals surface area contributed by atoms with Gasteiger partial charge in [-0.25, -0.2) is 15.0 Å². The van der Waals surface area contributed by atoms with E-state index in [0.717, 1.165) is 37.0 Å². The highest BCUT2D eigenvalue weighted by molar-refractivity contribution is 5.84. The van der Waals surface area contributed by atoms with Gasteiger partial charge in [0.05, 0.1) is 30.8 Å². The van der Waals surface area contributed by atoms with E-state index in [-0.39, 0.29) is 12.0 Å². The minimum atomic E-state index is -0.267. The normalized spacial score (nSPS) is 20.5. The molecule has 1 amide bonds. The minimum Gasteiger partial charge on any atom is -0.383 e. The van der Waals surface area contributed by atoms with E-state index in [1.165, 1.54) is 11.9 Å². The van der Waals surface area contributed by atoms with Crippen LogP contribution in [0.15, 0.2) is 48.8 Å². The smallest absolute Gasteiger partial charge is 0.236 e. The van der Waals surface area contributed by atoms with Gasteiger partial charge in [-0.05, 0) is 49.5 Å². The molecule has 0 unspecified atom stereocenters. The van der Waals surface area contributed by atoms with Gasteiger partial charge in [-0.3, -0.25) is 9.69 Å². The number of aromatic nitrogens is 3. The standard InChI is InChI=1S/C24H28N6O2/c25-23-19-6-7-20(28-24(19)27-16-26-23)21-14-30(12-13-32-21)22(31)15-29-10-8-18(9-11-29)17-4-2-1-3-5-17/h1-7,16,18,21H,8-15H2,(H2,25,26,27,28)/t21-/m0/s1. The highest BCUT2D eigenvalue weighted by atomic mass is 16.5. The number of hydrogen-bond acceptors (Lipinski definition) is 7. The van der Waals surface area contributed by atoms with Crippen LogP contribution in [0.4, 0.5) is 5.82 Å². The molecular weight excluding hydrogens is 404 g/mol. The molecule has 2 aromatic heterocycles. The second kappa shape index (κ2) is 9.18. The molecule has 1 aromatic carbocycles. The van der Waals surface area contributed by atoms with E-state index >= 15 is 0 Å². The van der Waals surface area contributed by atoms with Crippen molar-refractivity contribution >= 4 is 22.8 Å². The summed E-state index contributed by atoms with van der Waals surface area (Å²) in [6.07, 6.45) is 3.33. The third-order valence-corrected chi connectivity index (χ3v) is 6.52. The summed E-state index contributed by atoms with van der Waals surface area (Å²) < 4.78 is 5.93. The molecule has 0 spiro atoms. The number of morpholine rings is 1. The number of benzene rings is 1. The average molecular weight is 433 g/mol. The molecule has 0 saturated carbocycles. The lowest BCUT2D eigenvalue weighted by Gasteiger charge is -2.36. The Hall–Kier alpha value is -3.10. The first kappa shape index (κ1) is 20.8. The van der Waals surface area contributed by atoms with Crippen molar-refractivity contribution in [2.75, 3.05) is 45.1 Å². The molecule has 0 aliphatic carbocycles. The molecule has 8 heteroatoms. The Bertz CT molecular complexity index is 1080. The van der Waals surface area contributed by atoms with Crippen molar-refractivity contribution < 1.29 is 9.53 Å². The van der Waals surface area contributed by atoms with E-state index in [4.69, 9.17) is 10.5 Å². The number of rotatable bonds is 4. The van der Waals surface area contributed by atoms with Crippen LogP contribution in [-0.2, 0) is 9.53 Å². The Labute approximate surface area is 187 Å². The molecular formula is C24H28N6O2. The van der Waals surface area contributed by atoms with Gasteiger partial charge in [0.25, 0.3) is 0 Å². The van der Waals surface area contributed by atoms with Crippen molar-refractivity contribution in [2.24, 2.45) is 0 Å². The molecule has 1 atom stereocenters. The predicted octanol–water partition coefficient (Wildman–Crippen LogP) is 2.39. The van der Waals surface area contributed by atoms with Crippen molar-refractivity contribution in [3.63, 3.8) is 0 Å². The Balaban J connectivity index is 1.18. The number of likely N-dealkylation sites (tertiary alicyclic amines) is 1. The van der Waals surface area contributed by atoms with E-state index in [1.807, 2.05) is 17.0 Å². The average Bonchev–Trinajstić information content (AvgIpc) is 2.85. The molecule has 32 heavy (non-hydrogen) atoms. The molecule has 2 aliphatic heterocycles. The van der Waals surface area contributed by atoms with Gasteiger partial charge in [-0.2, -0.15) is 0 Å². The maximum absolute atomic E-state index is 13.0. The Morgan fingerprint density at radius 3 is 2.69 bits per heavy atom. The molecule has 2 fully saturated rings. The SMILES string of the molecule is Nc1ncnc2nc([C@@H]3CN(C(=O)CN4CCC(c5ccccc5)CC4)CCO3)ccc12. The van der Waals surface area contributed by atoms with Gasteiger partial charge >= 0.3 is 0 Å². The molecule has 0 radical (unpaired) electrons. The molecule has 4 heterocycles. The van der Waals surface area contributed by atoms with Crippen molar-refractivity contribution in [1.29, 1.82) is 0 Å². The maximum Gasteiger partial charge on any atom is 0.236 e. The number of carbonyl (C=O) groups is 1. The van der Waals surface area contributed by atoms with Gasteiger partial charge in [-0.15, -0.1) is 0 Å². The van der Waals surface area contributed by atoms with Crippen LogP contribution in [0.1, 0.15) is 36.1 Å². The highest BCUT2D eigenvalue weighted by Gasteiger charge is 2.29. The van der Waals surface area contributed by atoms with Gasteiger partial charge in [0, 0.05) is 6.54 Å². The lowest BCUT2D eigenvalue weighted by atomic mass is 9.89. The highest BCUT2D eigenvalue weighted by Crippen LogP contribution is 2.28. The van der Waals surface area contributed by atoms with E-state index < -0.39 is 0 Å². The largest absolute Gasteiger partial charge is 0.383 e. The predicted molar refractivity (Wildman–Crippen MR) is 122 cm³/mol. The lowest BCUT2D eigenvalue weighted by molar-refractivity contribution is -0.140. The van der Waals surface area contributed by atoms with Crippen LogP contribution in [0.25, 0.3) is 11.0 Å². The zero-order chi connectivity index (χ0) is 21.9. The fourth-order valence-electron chi connectivity index (χ4n) is 4.65. The van der Waals surface area contributed by atoms with Crippen molar-refractivity contribution in [1.82, 2.24) is 24.8 Å². The number of amides is 1. The van der Waals surface area contributed by atoms with Crippen molar-refractivity contribution in [3.05, 3.63) is 60.0 Å². The fraction of sp³-hybridized carbons (Fsp3) is 0.417. The monoisotopic (exact) mass is 432 g/mol. The van der Waals surface area contributed by atoms with Crippen LogP contribution in [0.2, 0.25) is 0 Å². The number of hydrogen-bond donors (Lipinski definition) is 1. The summed E-state index contributed by atoms with van der Waals surface area (Å²) >= 11 is 0. The third-order valence-electron chi connectivity index (χ3n) is 6.52. The first-order valence-electron chi connectivity index (χ1n) is 11.2. The van der Waals surface area contributed by atoms with Crippen LogP contribution in [0.5, 0.6) is 0 Å². The third kappa shape index (κ3) is 4.42. The molecule has 8 nitrogen and oxygen atoms in total. The van der Waals surface area contributed by atoms with Crippen LogP contribution in [0.3, 0.4) is 0 Å². The summed E-state index contributed by atoms with van der Waals surface area (Å²) in [4.78, 5) is 30.0. The summed E-state index contributed by atoms with van der Waals surface area (Å²) in [6, 6.07) is 14.4. The second-order valence-electron chi connectivity index (χ2n) is 8.53. The van der Waals surface area contributed by atoms with Crippen molar-refractivity contribution in [3.8, 4) is 0 Å². The van der Waals surface area contributed by atoms with Crippen LogP contribution in [-0.4, -0.2) is 70.0 Å². The molecule has 2 N–H and O–H groups in total. The number of pyridine rings is 1. The minimum absolute atomic E-state index is 0.156. The number of piperidine rings is 1. The van der Waals surface area contributed by atoms with Gasteiger partial charge in [0.2, 0.25) is 5.91 Å². The van der Waals surface area contributed by atoms with Gasteiger partial charge in [0.15, 0.2) is 5.65 Å². The summed E-state index contributed by atoms with van der Waals surface area (Å²) in [5.41, 5.74) is 8.61. The molecule has 3 aromatic rings. The first-order valence-corrected chi connectivity index (χ1v) is 11.2. The van der Waals surface area contributed by atoms with E-state index in [2.05, 4.69) is 50.2 Å². The number of ether oxygens (including phenoxy) is 1. The van der Waals surface area contributed by atoms with Crippen LogP contribution < -0.4 is 5.73 Å². The fourth-order valence-corrected chi connectivity index (χ4v) is 4.65. The topological polar surface area (TPSA) is 97.5 Å².